The average Bonchev–Trinajstić information content (AvgIpc) is 3.21. The van der Waals surface area contributed by atoms with Gasteiger partial charge in [0.1, 0.15) is 6.10 Å². The van der Waals surface area contributed by atoms with Crippen LogP contribution in [0.2, 0.25) is 0 Å². The molecule has 0 aromatic heterocycles. The number of fused-ring (bicyclic) bond motifs is 1. The molecule has 1 aliphatic carbocycles. The summed E-state index contributed by atoms with van der Waals surface area (Å²) in [6, 6.07) is 6.03. The van der Waals surface area contributed by atoms with Crippen molar-refractivity contribution in [3.8, 4) is 0 Å². The molecule has 2 N–H and O–H groups in total. The number of nitrogens with zero attached hydrogens (tertiary/aromatic N) is 1. The fraction of sp³-hybridized carbons (Fsp3) is 0.654. The van der Waals surface area contributed by atoms with Gasteiger partial charge >= 0.3 is 0 Å². The molecule has 0 bridgehead atoms. The number of carbonyl (C=O) groups is 1. The third kappa shape index (κ3) is 5.25. The molecule has 0 fully saturated rings. The van der Waals surface area contributed by atoms with Crippen molar-refractivity contribution in [2.75, 3.05) is 27.4 Å². The summed E-state index contributed by atoms with van der Waals surface area (Å²) < 4.78 is 10.7. The Labute approximate surface area is 193 Å². The van der Waals surface area contributed by atoms with Crippen molar-refractivity contribution >= 4 is 5.91 Å². The van der Waals surface area contributed by atoms with E-state index in [4.69, 9.17) is 9.47 Å². The van der Waals surface area contributed by atoms with Gasteiger partial charge in [-0.2, -0.15) is 0 Å². The van der Waals surface area contributed by atoms with Gasteiger partial charge in [-0.15, -0.1) is 0 Å². The zero-order valence-electron chi connectivity index (χ0n) is 20.5. The zero-order chi connectivity index (χ0) is 23.6. The maximum atomic E-state index is 12.7. The highest BCUT2D eigenvalue weighted by Gasteiger charge is 2.43. The SMILES string of the molecule is COCCNC(=O)c1cccc2c1CN(C(C)(C)CCC1(C)C=CC(O)C(C)(OC)C1)C2. The number of ether oxygens (including phenoxy) is 2. The van der Waals surface area contributed by atoms with E-state index in [1.807, 2.05) is 25.1 Å². The first-order valence-electron chi connectivity index (χ1n) is 11.6. The Hall–Kier alpha value is -1.73. The van der Waals surface area contributed by atoms with Crippen LogP contribution >= 0.6 is 0 Å². The van der Waals surface area contributed by atoms with Gasteiger partial charge in [0.05, 0.1) is 12.2 Å². The molecule has 1 aromatic rings. The topological polar surface area (TPSA) is 71.0 Å². The maximum Gasteiger partial charge on any atom is 0.251 e. The summed E-state index contributed by atoms with van der Waals surface area (Å²) in [4.78, 5) is 15.2. The Kier molecular flexibility index (Phi) is 7.50. The minimum Gasteiger partial charge on any atom is -0.386 e. The number of hydrogen-bond donors (Lipinski definition) is 2. The normalized spacial score (nSPS) is 28.0. The number of nitrogens with one attached hydrogen (secondary N) is 1. The lowest BCUT2D eigenvalue weighted by Crippen LogP contribution is -2.48. The highest BCUT2D eigenvalue weighted by Crippen LogP contribution is 2.44. The molecule has 0 radical (unpaired) electrons. The predicted molar refractivity (Wildman–Crippen MR) is 126 cm³/mol. The number of hydrogen-bond acceptors (Lipinski definition) is 5. The van der Waals surface area contributed by atoms with Crippen molar-refractivity contribution in [1.29, 1.82) is 0 Å². The van der Waals surface area contributed by atoms with Crippen molar-refractivity contribution < 1.29 is 19.4 Å². The Morgan fingerprint density at radius 1 is 1.28 bits per heavy atom. The maximum absolute atomic E-state index is 12.7. The van der Waals surface area contributed by atoms with E-state index in [1.54, 1.807) is 14.2 Å². The molecule has 178 valence electrons. The number of aliphatic hydroxyl groups excluding tert-OH is 1. The molecule has 1 heterocycles. The van der Waals surface area contributed by atoms with Gasteiger partial charge in [0, 0.05) is 45.0 Å². The monoisotopic (exact) mass is 444 g/mol. The van der Waals surface area contributed by atoms with Gasteiger partial charge in [-0.25, -0.2) is 0 Å². The molecule has 3 rings (SSSR count). The number of benzene rings is 1. The smallest absolute Gasteiger partial charge is 0.251 e. The van der Waals surface area contributed by atoms with E-state index in [0.29, 0.717) is 13.2 Å². The molecule has 2 aliphatic rings. The van der Waals surface area contributed by atoms with Crippen LogP contribution < -0.4 is 5.32 Å². The molecule has 3 unspecified atom stereocenters. The van der Waals surface area contributed by atoms with Gasteiger partial charge < -0.3 is 19.9 Å². The van der Waals surface area contributed by atoms with E-state index in [1.165, 1.54) is 5.56 Å². The van der Waals surface area contributed by atoms with Crippen molar-refractivity contribution in [3.05, 3.63) is 47.0 Å². The summed E-state index contributed by atoms with van der Waals surface area (Å²) in [6.07, 6.45) is 6.27. The molecule has 1 aliphatic heterocycles. The molecular weight excluding hydrogens is 404 g/mol. The van der Waals surface area contributed by atoms with Crippen LogP contribution in [0.25, 0.3) is 0 Å². The minimum atomic E-state index is -0.574. The highest BCUT2D eigenvalue weighted by atomic mass is 16.5. The summed E-state index contributed by atoms with van der Waals surface area (Å²) in [7, 11) is 3.31. The van der Waals surface area contributed by atoms with Crippen molar-refractivity contribution in [2.24, 2.45) is 5.41 Å². The van der Waals surface area contributed by atoms with Crippen LogP contribution in [0.15, 0.2) is 30.4 Å². The third-order valence-corrected chi connectivity index (χ3v) is 7.51. The van der Waals surface area contributed by atoms with Crippen LogP contribution in [0.4, 0.5) is 0 Å². The van der Waals surface area contributed by atoms with Crippen LogP contribution in [-0.4, -0.2) is 60.5 Å². The summed E-state index contributed by atoms with van der Waals surface area (Å²) in [5.41, 5.74) is 2.52. The van der Waals surface area contributed by atoms with Gasteiger partial charge in [0.15, 0.2) is 0 Å². The number of allylic oxidation sites excluding steroid dienone is 1. The molecule has 1 amide bonds. The van der Waals surface area contributed by atoms with E-state index in [-0.39, 0.29) is 16.9 Å². The summed E-state index contributed by atoms with van der Waals surface area (Å²) >= 11 is 0. The lowest BCUT2D eigenvalue weighted by Gasteiger charge is -2.45. The molecule has 0 spiro atoms. The summed E-state index contributed by atoms with van der Waals surface area (Å²) in [6.45, 7) is 11.5. The Morgan fingerprint density at radius 3 is 2.72 bits per heavy atom. The number of rotatable bonds is 9. The van der Waals surface area contributed by atoms with Gasteiger partial charge in [-0.1, -0.05) is 31.2 Å². The summed E-state index contributed by atoms with van der Waals surface area (Å²) in [5.74, 6) is -0.0316. The zero-order valence-corrected chi connectivity index (χ0v) is 20.5. The fourth-order valence-corrected chi connectivity index (χ4v) is 5.03. The molecule has 6 nitrogen and oxygen atoms in total. The second-order valence-corrected chi connectivity index (χ2v) is 10.5. The third-order valence-electron chi connectivity index (χ3n) is 7.51. The van der Waals surface area contributed by atoms with E-state index in [9.17, 15) is 9.90 Å². The Balaban J connectivity index is 1.67. The van der Waals surface area contributed by atoms with E-state index in [2.05, 4.69) is 43.1 Å². The van der Waals surface area contributed by atoms with Crippen LogP contribution in [0.1, 0.15) is 68.4 Å². The molecule has 0 saturated carbocycles. The molecule has 3 atom stereocenters. The number of aliphatic hydroxyl groups is 1. The molecule has 1 aromatic carbocycles. The van der Waals surface area contributed by atoms with Crippen LogP contribution in [0.3, 0.4) is 0 Å². The molecular formula is C26H40N2O4. The average molecular weight is 445 g/mol. The van der Waals surface area contributed by atoms with E-state index in [0.717, 1.165) is 43.5 Å². The van der Waals surface area contributed by atoms with Gasteiger partial charge in [0.2, 0.25) is 0 Å². The first-order chi connectivity index (χ1) is 15.0. The van der Waals surface area contributed by atoms with Gasteiger partial charge in [-0.3, -0.25) is 9.69 Å². The van der Waals surface area contributed by atoms with Gasteiger partial charge in [0.25, 0.3) is 5.91 Å². The first kappa shape index (κ1) is 24.9. The Morgan fingerprint density at radius 2 is 2.03 bits per heavy atom. The number of carbonyl (C=O) groups excluding carboxylic acids is 1. The lowest BCUT2D eigenvalue weighted by atomic mass is 9.69. The first-order valence-corrected chi connectivity index (χ1v) is 11.6. The lowest BCUT2D eigenvalue weighted by molar-refractivity contribution is -0.0995. The second-order valence-electron chi connectivity index (χ2n) is 10.5. The van der Waals surface area contributed by atoms with Crippen molar-refractivity contribution in [3.63, 3.8) is 0 Å². The fourth-order valence-electron chi connectivity index (χ4n) is 5.03. The largest absolute Gasteiger partial charge is 0.386 e. The number of methoxy groups -OCH3 is 2. The molecule has 32 heavy (non-hydrogen) atoms. The van der Waals surface area contributed by atoms with E-state index < -0.39 is 11.7 Å². The molecule has 0 saturated heterocycles. The Bertz CT molecular complexity index is 852. The van der Waals surface area contributed by atoms with Crippen LogP contribution in [-0.2, 0) is 22.6 Å². The van der Waals surface area contributed by atoms with Crippen LogP contribution in [0, 0.1) is 5.41 Å². The van der Waals surface area contributed by atoms with Crippen molar-refractivity contribution in [1.82, 2.24) is 10.2 Å². The predicted octanol–water partition coefficient (Wildman–Crippen LogP) is 3.67. The second kappa shape index (κ2) is 9.64. The van der Waals surface area contributed by atoms with Crippen LogP contribution in [0.5, 0.6) is 0 Å². The summed E-state index contributed by atoms with van der Waals surface area (Å²) in [5, 5.41) is 13.3. The quantitative estimate of drug-likeness (QED) is 0.449. The molecule has 6 heteroatoms. The van der Waals surface area contributed by atoms with E-state index >= 15 is 0 Å². The minimum absolute atomic E-state index is 0.0275. The van der Waals surface area contributed by atoms with Gasteiger partial charge in [-0.05, 0) is 62.6 Å². The highest BCUT2D eigenvalue weighted by molar-refractivity contribution is 5.96. The standard InChI is InChI=1S/C26H40N2O4/c1-24(2,12-13-25(3)11-10-22(29)26(4,18-25)32-6)28-16-19-8-7-9-20(21(19)17-28)23(30)27-14-15-31-5/h7-11,22,29H,12-18H2,1-6H3,(H,27,30). The van der Waals surface area contributed by atoms with Crippen molar-refractivity contribution in [2.45, 2.75) is 77.3 Å². The number of amides is 1.